The number of urea groups is 1. The number of anilines is 1. The van der Waals surface area contributed by atoms with E-state index in [1.165, 1.54) is 6.92 Å². The second-order valence-electron chi connectivity index (χ2n) is 6.11. The molecule has 0 radical (unpaired) electrons. The van der Waals surface area contributed by atoms with Crippen LogP contribution in [0.3, 0.4) is 0 Å². The van der Waals surface area contributed by atoms with Gasteiger partial charge in [-0.1, -0.05) is 19.3 Å². The maximum Gasteiger partial charge on any atom is 0.325 e. The maximum atomic E-state index is 12.6. The highest BCUT2D eigenvalue weighted by molar-refractivity contribution is 7.14. The molecule has 0 aromatic carbocycles. The minimum absolute atomic E-state index is 0.194. The lowest BCUT2D eigenvalue weighted by molar-refractivity contribution is -0.134. The Morgan fingerprint density at radius 1 is 1.33 bits per heavy atom. The van der Waals surface area contributed by atoms with Gasteiger partial charge in [-0.25, -0.2) is 9.78 Å². The predicted molar refractivity (Wildman–Crippen MR) is 86.8 cm³/mol. The Balaban J connectivity index is 1.64. The lowest BCUT2D eigenvalue weighted by Gasteiger charge is -2.30. The van der Waals surface area contributed by atoms with E-state index < -0.39 is 17.5 Å². The number of carbonyl (C=O) groups is 4. The molecule has 2 heterocycles. The molecule has 2 N–H and O–H groups in total. The number of rotatable bonds is 4. The summed E-state index contributed by atoms with van der Waals surface area (Å²) in [5, 5.41) is 7.09. The molecule has 0 unspecified atom stereocenters. The van der Waals surface area contributed by atoms with Gasteiger partial charge in [0, 0.05) is 12.3 Å². The van der Waals surface area contributed by atoms with Crippen molar-refractivity contribution >= 4 is 40.1 Å². The van der Waals surface area contributed by atoms with Crippen LogP contribution in [0.15, 0.2) is 5.38 Å². The third-order valence-electron chi connectivity index (χ3n) is 4.37. The monoisotopic (exact) mass is 350 g/mol. The number of nitrogens with zero attached hydrogens (tertiary/aromatic N) is 2. The molecule has 0 bridgehead atoms. The fourth-order valence-corrected chi connectivity index (χ4v) is 3.88. The third-order valence-corrected chi connectivity index (χ3v) is 5.12. The predicted octanol–water partition coefficient (Wildman–Crippen LogP) is 1.54. The quantitative estimate of drug-likeness (QED) is 0.632. The molecule has 1 spiro atoms. The fourth-order valence-electron chi connectivity index (χ4n) is 3.11. The molecule has 1 aromatic heterocycles. The lowest BCUT2D eigenvalue weighted by Crippen LogP contribution is -2.48. The largest absolute Gasteiger partial charge is 0.325 e. The number of ketones is 1. The van der Waals surface area contributed by atoms with Crippen LogP contribution in [0.4, 0.5) is 9.93 Å². The lowest BCUT2D eigenvalue weighted by atomic mass is 9.82. The summed E-state index contributed by atoms with van der Waals surface area (Å²) in [4.78, 5) is 52.9. The van der Waals surface area contributed by atoms with Crippen molar-refractivity contribution in [1.29, 1.82) is 0 Å². The van der Waals surface area contributed by atoms with Crippen LogP contribution >= 0.6 is 11.3 Å². The first-order valence-corrected chi connectivity index (χ1v) is 8.70. The van der Waals surface area contributed by atoms with Crippen LogP contribution in [-0.4, -0.2) is 45.6 Å². The average molecular weight is 350 g/mol. The van der Waals surface area contributed by atoms with Crippen LogP contribution < -0.4 is 10.6 Å². The number of nitrogens with one attached hydrogen (secondary N) is 2. The average Bonchev–Trinajstić information content (AvgIpc) is 3.08. The Morgan fingerprint density at radius 2 is 2.04 bits per heavy atom. The van der Waals surface area contributed by atoms with Gasteiger partial charge >= 0.3 is 6.03 Å². The standard InChI is InChI=1S/C15H18N4O4S/c1-9(20)10-8-24-13(16-10)17-11(21)7-19-12(22)15(18-14(19)23)5-3-2-4-6-15/h8H,2-7H2,1H3,(H,18,23)(H,16,17,21). The number of thiazole rings is 1. The van der Waals surface area contributed by atoms with Crippen molar-refractivity contribution in [2.24, 2.45) is 0 Å². The summed E-state index contributed by atoms with van der Waals surface area (Å²) >= 11 is 1.12. The highest BCUT2D eigenvalue weighted by Gasteiger charge is 2.51. The molecule has 1 aromatic rings. The first kappa shape index (κ1) is 16.6. The van der Waals surface area contributed by atoms with Gasteiger partial charge in [0.05, 0.1) is 0 Å². The first-order chi connectivity index (χ1) is 11.4. The zero-order valence-corrected chi connectivity index (χ0v) is 14.1. The number of carbonyl (C=O) groups excluding carboxylic acids is 4. The summed E-state index contributed by atoms with van der Waals surface area (Å²) in [7, 11) is 0. The number of amides is 4. The molecule has 1 saturated carbocycles. The first-order valence-electron chi connectivity index (χ1n) is 7.82. The number of hydrogen-bond acceptors (Lipinski definition) is 6. The van der Waals surface area contributed by atoms with Gasteiger partial charge < -0.3 is 10.6 Å². The van der Waals surface area contributed by atoms with E-state index in [4.69, 9.17) is 0 Å². The minimum atomic E-state index is -0.835. The minimum Gasteiger partial charge on any atom is -0.323 e. The molecule has 2 fully saturated rings. The SMILES string of the molecule is CC(=O)c1csc(NC(=O)CN2C(=O)NC3(CCCCC3)C2=O)n1. The molecule has 1 saturated heterocycles. The topological polar surface area (TPSA) is 108 Å². The Hall–Kier alpha value is -2.29. The van der Waals surface area contributed by atoms with Crippen LogP contribution in [0.5, 0.6) is 0 Å². The molecule has 8 nitrogen and oxygen atoms in total. The molecule has 1 aliphatic carbocycles. The molecular formula is C15H18N4O4S. The van der Waals surface area contributed by atoms with E-state index in [1.54, 1.807) is 5.38 Å². The second-order valence-corrected chi connectivity index (χ2v) is 6.96. The van der Waals surface area contributed by atoms with Crippen LogP contribution in [-0.2, 0) is 9.59 Å². The van der Waals surface area contributed by atoms with Crippen LogP contribution in [0, 0.1) is 0 Å². The third kappa shape index (κ3) is 3.03. The van der Waals surface area contributed by atoms with E-state index in [0.29, 0.717) is 12.8 Å². The number of hydrogen-bond donors (Lipinski definition) is 2. The van der Waals surface area contributed by atoms with Gasteiger partial charge in [-0.3, -0.25) is 19.3 Å². The zero-order chi connectivity index (χ0) is 17.3. The van der Waals surface area contributed by atoms with E-state index in [2.05, 4.69) is 15.6 Å². The Labute approximate surface area is 142 Å². The summed E-state index contributed by atoms with van der Waals surface area (Å²) in [5.41, 5.74) is -0.565. The number of aromatic nitrogens is 1. The van der Waals surface area contributed by atoms with Crippen molar-refractivity contribution in [3.8, 4) is 0 Å². The molecule has 2 aliphatic rings. The fraction of sp³-hybridized carbons (Fsp3) is 0.533. The summed E-state index contributed by atoms with van der Waals surface area (Å²) < 4.78 is 0. The molecule has 24 heavy (non-hydrogen) atoms. The summed E-state index contributed by atoms with van der Waals surface area (Å²) in [6.45, 7) is 1.03. The molecule has 3 rings (SSSR count). The van der Waals surface area contributed by atoms with Crippen molar-refractivity contribution in [2.45, 2.75) is 44.6 Å². The molecular weight excluding hydrogens is 332 g/mol. The Kier molecular flexibility index (Phi) is 4.35. The van der Waals surface area contributed by atoms with Gasteiger partial charge in [0.25, 0.3) is 5.91 Å². The second kappa shape index (κ2) is 6.31. The highest BCUT2D eigenvalue weighted by atomic mass is 32.1. The van der Waals surface area contributed by atoms with Crippen LogP contribution in [0.1, 0.15) is 49.5 Å². The van der Waals surface area contributed by atoms with Crippen molar-refractivity contribution < 1.29 is 19.2 Å². The van der Waals surface area contributed by atoms with Gasteiger partial charge in [0.1, 0.15) is 17.8 Å². The molecule has 128 valence electrons. The normalized spacial score (nSPS) is 19.5. The van der Waals surface area contributed by atoms with Crippen LogP contribution in [0.25, 0.3) is 0 Å². The van der Waals surface area contributed by atoms with Gasteiger partial charge in [-0.2, -0.15) is 0 Å². The van der Waals surface area contributed by atoms with E-state index in [1.807, 2.05) is 0 Å². The summed E-state index contributed by atoms with van der Waals surface area (Å²) in [6.07, 6.45) is 4.06. The Morgan fingerprint density at radius 3 is 2.67 bits per heavy atom. The number of Topliss-reactive ketones (excluding diaryl/α,β-unsaturated/α-hetero) is 1. The smallest absolute Gasteiger partial charge is 0.323 e. The zero-order valence-electron chi connectivity index (χ0n) is 13.3. The van der Waals surface area contributed by atoms with E-state index in [9.17, 15) is 19.2 Å². The van der Waals surface area contributed by atoms with Crippen molar-refractivity contribution in [2.75, 3.05) is 11.9 Å². The van der Waals surface area contributed by atoms with Crippen LogP contribution in [0.2, 0.25) is 0 Å². The van der Waals surface area contributed by atoms with Gasteiger partial charge in [-0.15, -0.1) is 11.3 Å². The maximum absolute atomic E-state index is 12.6. The molecule has 0 atom stereocenters. The van der Waals surface area contributed by atoms with Crippen molar-refractivity contribution in [3.63, 3.8) is 0 Å². The van der Waals surface area contributed by atoms with E-state index >= 15 is 0 Å². The number of imide groups is 1. The summed E-state index contributed by atoms with van der Waals surface area (Å²) in [5.74, 6) is -1.04. The van der Waals surface area contributed by atoms with Gasteiger partial charge in [0.15, 0.2) is 10.9 Å². The molecule has 9 heteroatoms. The van der Waals surface area contributed by atoms with Crippen molar-refractivity contribution in [3.05, 3.63) is 11.1 Å². The highest BCUT2D eigenvalue weighted by Crippen LogP contribution is 2.33. The van der Waals surface area contributed by atoms with Gasteiger partial charge in [0.2, 0.25) is 5.91 Å². The molecule has 4 amide bonds. The van der Waals surface area contributed by atoms with Gasteiger partial charge in [-0.05, 0) is 12.8 Å². The Bertz CT molecular complexity index is 708. The summed E-state index contributed by atoms with van der Waals surface area (Å²) in [6, 6.07) is -0.527. The molecule has 1 aliphatic heterocycles. The van der Waals surface area contributed by atoms with Crippen molar-refractivity contribution in [1.82, 2.24) is 15.2 Å². The van der Waals surface area contributed by atoms with E-state index in [-0.39, 0.29) is 29.1 Å². The van der Waals surface area contributed by atoms with E-state index in [0.717, 1.165) is 35.5 Å².